The number of aliphatic carboxylic acids is 2. The number of likely N-dealkylation sites (tertiary alicyclic amines) is 1. The molecule has 0 aliphatic carbocycles. The molecule has 30 heavy (non-hydrogen) atoms. The van der Waals surface area contributed by atoms with E-state index in [-0.39, 0.29) is 30.7 Å². The van der Waals surface area contributed by atoms with Gasteiger partial charge in [0.25, 0.3) is 0 Å². The van der Waals surface area contributed by atoms with Crippen LogP contribution in [0.5, 0.6) is 0 Å². The molecular formula is C18H22F3N3O6. The highest BCUT2D eigenvalue weighted by Gasteiger charge is 2.38. The normalized spacial score (nSPS) is 18.6. The van der Waals surface area contributed by atoms with Crippen molar-refractivity contribution in [2.45, 2.75) is 37.9 Å². The first-order valence-corrected chi connectivity index (χ1v) is 8.90. The van der Waals surface area contributed by atoms with E-state index in [4.69, 9.17) is 9.90 Å². The van der Waals surface area contributed by atoms with E-state index in [1.54, 1.807) is 25.5 Å². The molecular weight excluding hydrogens is 411 g/mol. The number of alkyl halides is 3. The number of carboxylic acids is 2. The zero-order valence-electron chi connectivity index (χ0n) is 16.1. The minimum Gasteiger partial charge on any atom is -0.480 e. The Morgan fingerprint density at radius 2 is 1.87 bits per heavy atom. The van der Waals surface area contributed by atoms with Crippen molar-refractivity contribution in [1.29, 1.82) is 0 Å². The second-order valence-electron chi connectivity index (χ2n) is 6.45. The lowest BCUT2D eigenvalue weighted by Gasteiger charge is -2.36. The van der Waals surface area contributed by atoms with Gasteiger partial charge in [-0.1, -0.05) is 6.07 Å². The highest BCUT2D eigenvalue weighted by atomic mass is 19.4. The molecule has 2 rings (SSSR count). The quantitative estimate of drug-likeness (QED) is 0.632. The molecule has 3 N–H and O–H groups in total. The summed E-state index contributed by atoms with van der Waals surface area (Å²) in [4.78, 5) is 49.8. The summed E-state index contributed by atoms with van der Waals surface area (Å²) in [5.41, 5.74) is 0.924. The number of carbonyl (C=O) groups is 4. The molecule has 0 radical (unpaired) electrons. The second kappa shape index (κ2) is 11.1. The number of nitrogens with zero attached hydrogens (tertiary/aromatic N) is 2. The number of rotatable bonds is 5. The van der Waals surface area contributed by atoms with Gasteiger partial charge in [0.05, 0.1) is 5.92 Å². The largest absolute Gasteiger partial charge is 0.490 e. The van der Waals surface area contributed by atoms with Crippen LogP contribution in [0.2, 0.25) is 0 Å². The van der Waals surface area contributed by atoms with Gasteiger partial charge in [-0.15, -0.1) is 0 Å². The van der Waals surface area contributed by atoms with Gasteiger partial charge in [0, 0.05) is 32.4 Å². The Labute approximate surface area is 169 Å². The van der Waals surface area contributed by atoms with Gasteiger partial charge in [0.2, 0.25) is 11.8 Å². The lowest BCUT2D eigenvalue weighted by molar-refractivity contribution is -0.192. The third-order valence-corrected chi connectivity index (χ3v) is 4.40. The number of aromatic nitrogens is 1. The molecule has 2 amide bonds. The average molecular weight is 433 g/mol. The highest BCUT2D eigenvalue weighted by Crippen LogP contribution is 2.23. The third kappa shape index (κ3) is 7.68. The minimum atomic E-state index is -5.08. The highest BCUT2D eigenvalue weighted by molar-refractivity contribution is 5.86. The van der Waals surface area contributed by atoms with Crippen LogP contribution in [-0.4, -0.2) is 69.7 Å². The first kappa shape index (κ1) is 24.9. The number of carbonyl (C=O) groups excluding carboxylic acids is 2. The Morgan fingerprint density at radius 1 is 1.23 bits per heavy atom. The first-order valence-electron chi connectivity index (χ1n) is 8.90. The summed E-state index contributed by atoms with van der Waals surface area (Å²) in [5, 5.41) is 19.0. The zero-order chi connectivity index (χ0) is 22.9. The van der Waals surface area contributed by atoms with Crippen molar-refractivity contribution in [1.82, 2.24) is 15.2 Å². The van der Waals surface area contributed by atoms with Crippen molar-refractivity contribution in [2.24, 2.45) is 5.92 Å². The van der Waals surface area contributed by atoms with E-state index in [2.05, 4.69) is 10.3 Å². The van der Waals surface area contributed by atoms with Crippen LogP contribution in [0.3, 0.4) is 0 Å². The summed E-state index contributed by atoms with van der Waals surface area (Å²) in [5.74, 6) is -4.52. The molecule has 1 aromatic heterocycles. The van der Waals surface area contributed by atoms with E-state index in [1.807, 2.05) is 6.07 Å². The summed E-state index contributed by atoms with van der Waals surface area (Å²) < 4.78 is 31.7. The van der Waals surface area contributed by atoms with Crippen LogP contribution < -0.4 is 5.32 Å². The van der Waals surface area contributed by atoms with E-state index < -0.39 is 24.2 Å². The molecule has 1 aliphatic heterocycles. The lowest BCUT2D eigenvalue weighted by Crippen LogP contribution is -2.53. The molecule has 1 fully saturated rings. The van der Waals surface area contributed by atoms with Crippen LogP contribution in [-0.2, 0) is 25.6 Å². The number of hydrogen-bond donors (Lipinski definition) is 3. The molecule has 166 valence electrons. The van der Waals surface area contributed by atoms with Gasteiger partial charge in [0.15, 0.2) is 0 Å². The van der Waals surface area contributed by atoms with Crippen molar-refractivity contribution in [2.75, 3.05) is 13.6 Å². The van der Waals surface area contributed by atoms with Gasteiger partial charge >= 0.3 is 18.1 Å². The van der Waals surface area contributed by atoms with Crippen LogP contribution in [0.4, 0.5) is 13.2 Å². The Balaban J connectivity index is 0.000000553. The number of amides is 2. The number of pyridine rings is 1. The van der Waals surface area contributed by atoms with E-state index in [9.17, 15) is 32.7 Å². The van der Waals surface area contributed by atoms with E-state index >= 15 is 0 Å². The molecule has 12 heteroatoms. The summed E-state index contributed by atoms with van der Waals surface area (Å²) in [6.45, 7) is 0.155. The Bertz CT molecular complexity index is 757. The van der Waals surface area contributed by atoms with Gasteiger partial charge in [-0.2, -0.15) is 13.2 Å². The third-order valence-electron chi connectivity index (χ3n) is 4.40. The fourth-order valence-electron chi connectivity index (χ4n) is 2.86. The predicted molar refractivity (Wildman–Crippen MR) is 96.2 cm³/mol. The molecule has 9 nitrogen and oxygen atoms in total. The lowest BCUT2D eigenvalue weighted by atomic mass is 9.91. The summed E-state index contributed by atoms with van der Waals surface area (Å²) in [6, 6.07) is 2.82. The Hall–Kier alpha value is -3.18. The number of carboxylic acid groups (broad SMARTS) is 2. The fourth-order valence-corrected chi connectivity index (χ4v) is 2.86. The number of halogens is 3. The van der Waals surface area contributed by atoms with Crippen LogP contribution in [0.25, 0.3) is 0 Å². The monoisotopic (exact) mass is 433 g/mol. The van der Waals surface area contributed by atoms with E-state index in [1.165, 1.54) is 4.90 Å². The molecule has 1 saturated heterocycles. The topological polar surface area (TPSA) is 137 Å². The molecule has 1 aromatic rings. The Kier molecular flexibility index (Phi) is 9.21. The van der Waals surface area contributed by atoms with Crippen molar-refractivity contribution < 1.29 is 42.6 Å². The second-order valence-corrected chi connectivity index (χ2v) is 6.45. The number of nitrogens with one attached hydrogen (secondary N) is 1. The van der Waals surface area contributed by atoms with E-state index in [0.717, 1.165) is 5.56 Å². The van der Waals surface area contributed by atoms with Crippen LogP contribution in [0, 0.1) is 5.92 Å². The van der Waals surface area contributed by atoms with Crippen molar-refractivity contribution in [3.05, 3.63) is 30.1 Å². The van der Waals surface area contributed by atoms with E-state index in [0.29, 0.717) is 19.3 Å². The van der Waals surface area contributed by atoms with Crippen LogP contribution >= 0.6 is 0 Å². The molecule has 1 aliphatic rings. The molecule has 0 aromatic carbocycles. The van der Waals surface area contributed by atoms with Crippen LogP contribution in [0.1, 0.15) is 24.8 Å². The Morgan fingerprint density at radius 3 is 2.33 bits per heavy atom. The summed E-state index contributed by atoms with van der Waals surface area (Å²) in [7, 11) is 1.54. The molecule has 0 unspecified atom stereocenters. The van der Waals surface area contributed by atoms with Gasteiger partial charge < -0.3 is 20.4 Å². The van der Waals surface area contributed by atoms with Crippen molar-refractivity contribution >= 4 is 23.8 Å². The number of hydrogen-bond acceptors (Lipinski definition) is 5. The minimum absolute atomic E-state index is 0.154. The fraction of sp³-hybridized carbons (Fsp3) is 0.500. The van der Waals surface area contributed by atoms with Gasteiger partial charge in [-0.05, 0) is 30.9 Å². The maximum Gasteiger partial charge on any atom is 0.490 e. The summed E-state index contributed by atoms with van der Waals surface area (Å²) in [6.07, 6.45) is -0.263. The zero-order valence-corrected chi connectivity index (χ0v) is 16.1. The number of aryl methyl sites for hydroxylation is 1. The predicted octanol–water partition coefficient (Wildman–Crippen LogP) is 1.09. The summed E-state index contributed by atoms with van der Waals surface area (Å²) >= 11 is 0. The maximum absolute atomic E-state index is 12.5. The first-order chi connectivity index (χ1) is 14.0. The van der Waals surface area contributed by atoms with Gasteiger partial charge in [-0.25, -0.2) is 9.59 Å². The van der Waals surface area contributed by atoms with Gasteiger partial charge in [0.1, 0.15) is 6.04 Å². The smallest absolute Gasteiger partial charge is 0.480 e. The van der Waals surface area contributed by atoms with Gasteiger partial charge in [-0.3, -0.25) is 14.6 Å². The molecule has 2 heterocycles. The molecule has 0 saturated carbocycles. The van der Waals surface area contributed by atoms with Crippen molar-refractivity contribution in [3.63, 3.8) is 0 Å². The van der Waals surface area contributed by atoms with Crippen molar-refractivity contribution in [3.8, 4) is 0 Å². The SMILES string of the molecule is CNC(=O)[C@H]1CC[C@@H](C(=O)O)N(C(=O)CCc2cccnc2)C1.O=C(O)C(F)(F)F. The number of piperidine rings is 1. The van der Waals surface area contributed by atoms with Crippen LogP contribution in [0.15, 0.2) is 24.5 Å². The molecule has 0 spiro atoms. The molecule has 0 bridgehead atoms. The molecule has 2 atom stereocenters. The standard InChI is InChI=1S/C16H21N3O4.C2HF3O2/c1-17-15(21)12-5-6-13(16(22)23)19(10-12)14(20)7-4-11-3-2-8-18-9-11;3-2(4,5)1(6)7/h2-3,8-9,12-13H,4-7,10H2,1H3,(H,17,21)(H,22,23);(H,6,7)/t12-,13-;/m0./s1. The average Bonchev–Trinajstić information content (AvgIpc) is 2.71. The maximum atomic E-state index is 12.5.